The van der Waals surface area contributed by atoms with E-state index in [4.69, 9.17) is 0 Å². The predicted molar refractivity (Wildman–Crippen MR) is 80.3 cm³/mol. The molecule has 0 N–H and O–H groups in total. The van der Waals surface area contributed by atoms with Gasteiger partial charge in [0.25, 0.3) is 0 Å². The molecule has 0 saturated carbocycles. The first-order chi connectivity index (χ1) is 9.93. The van der Waals surface area contributed by atoms with Gasteiger partial charge in [-0.05, 0) is 30.3 Å². The molecule has 0 aliphatic heterocycles. The summed E-state index contributed by atoms with van der Waals surface area (Å²) in [6.07, 6.45) is 5.42. The fraction of sp³-hybridized carbons (Fsp3) is 0. The van der Waals surface area contributed by atoms with E-state index in [9.17, 15) is 0 Å². The Kier molecular flexibility index (Phi) is 2.42. The van der Waals surface area contributed by atoms with Crippen LogP contribution >= 0.6 is 0 Å². The van der Waals surface area contributed by atoms with Gasteiger partial charge in [-0.25, -0.2) is 0 Å². The van der Waals surface area contributed by atoms with Gasteiger partial charge in [-0.3, -0.25) is 15.0 Å². The summed E-state index contributed by atoms with van der Waals surface area (Å²) in [6, 6.07) is 16.1. The lowest BCUT2D eigenvalue weighted by atomic mass is 10.0. The first-order valence-corrected chi connectivity index (χ1v) is 6.47. The monoisotopic (exact) mass is 257 g/mol. The zero-order valence-electron chi connectivity index (χ0n) is 10.7. The van der Waals surface area contributed by atoms with Crippen LogP contribution < -0.4 is 0 Å². The van der Waals surface area contributed by atoms with Crippen molar-refractivity contribution >= 4 is 21.8 Å². The third kappa shape index (κ3) is 1.64. The first kappa shape index (κ1) is 11.1. The molecule has 3 aromatic heterocycles. The van der Waals surface area contributed by atoms with Crippen molar-refractivity contribution in [3.63, 3.8) is 0 Å². The fourth-order valence-electron chi connectivity index (χ4n) is 2.51. The van der Waals surface area contributed by atoms with Gasteiger partial charge in [0.1, 0.15) is 0 Å². The average molecular weight is 257 g/mol. The van der Waals surface area contributed by atoms with Gasteiger partial charge in [-0.2, -0.15) is 0 Å². The van der Waals surface area contributed by atoms with Crippen molar-refractivity contribution in [2.24, 2.45) is 0 Å². The Labute approximate surface area is 116 Å². The van der Waals surface area contributed by atoms with E-state index >= 15 is 0 Å². The van der Waals surface area contributed by atoms with E-state index in [1.807, 2.05) is 36.5 Å². The van der Waals surface area contributed by atoms with E-state index in [2.05, 4.69) is 33.2 Å². The molecule has 4 rings (SSSR count). The van der Waals surface area contributed by atoms with Crippen molar-refractivity contribution in [2.45, 2.75) is 0 Å². The molecule has 94 valence electrons. The minimum absolute atomic E-state index is 0.922. The maximum atomic E-state index is 4.51. The highest BCUT2D eigenvalue weighted by Gasteiger charge is 2.10. The summed E-state index contributed by atoms with van der Waals surface area (Å²) in [5, 5.41) is 2.16. The topological polar surface area (TPSA) is 38.7 Å². The predicted octanol–water partition coefficient (Wildman–Crippen LogP) is 3.85. The highest BCUT2D eigenvalue weighted by molar-refractivity contribution is 6.09. The number of aromatic nitrogens is 3. The van der Waals surface area contributed by atoms with Gasteiger partial charge >= 0.3 is 0 Å². The number of pyridine rings is 3. The quantitative estimate of drug-likeness (QED) is 0.486. The molecule has 0 radical (unpaired) electrons. The van der Waals surface area contributed by atoms with Crippen LogP contribution in [-0.4, -0.2) is 15.0 Å². The normalized spacial score (nSPS) is 11.0. The van der Waals surface area contributed by atoms with E-state index in [0.29, 0.717) is 0 Å². The van der Waals surface area contributed by atoms with E-state index in [1.54, 1.807) is 12.4 Å². The zero-order chi connectivity index (χ0) is 13.4. The second-order valence-electron chi connectivity index (χ2n) is 4.61. The molecule has 1 aromatic carbocycles. The van der Waals surface area contributed by atoms with Crippen LogP contribution in [0.5, 0.6) is 0 Å². The lowest BCUT2D eigenvalue weighted by Gasteiger charge is -2.08. The molecule has 3 heterocycles. The van der Waals surface area contributed by atoms with Crippen LogP contribution in [0, 0.1) is 0 Å². The number of hydrogen-bond acceptors (Lipinski definition) is 3. The van der Waals surface area contributed by atoms with Gasteiger partial charge < -0.3 is 0 Å². The van der Waals surface area contributed by atoms with E-state index in [1.165, 1.54) is 0 Å². The maximum Gasteiger partial charge on any atom is 0.0971 e. The Hall–Kier alpha value is -2.81. The average Bonchev–Trinajstić information content (AvgIpc) is 2.55. The summed E-state index contributed by atoms with van der Waals surface area (Å²) in [7, 11) is 0. The second kappa shape index (κ2) is 4.38. The van der Waals surface area contributed by atoms with Crippen molar-refractivity contribution in [2.75, 3.05) is 0 Å². The Bertz CT molecular complexity index is 901. The van der Waals surface area contributed by atoms with Crippen LogP contribution in [0.4, 0.5) is 0 Å². The Morgan fingerprint density at radius 2 is 1.45 bits per heavy atom. The molecule has 0 atom stereocenters. The Balaban J connectivity index is 2.19. The molecule has 20 heavy (non-hydrogen) atoms. The van der Waals surface area contributed by atoms with Gasteiger partial charge in [-0.1, -0.05) is 18.2 Å². The highest BCUT2D eigenvalue weighted by atomic mass is 14.7. The summed E-state index contributed by atoms with van der Waals surface area (Å²) >= 11 is 0. The number of nitrogens with zero attached hydrogens (tertiary/aromatic N) is 3. The van der Waals surface area contributed by atoms with Gasteiger partial charge in [0.15, 0.2) is 0 Å². The highest BCUT2D eigenvalue weighted by Crippen LogP contribution is 2.31. The van der Waals surface area contributed by atoms with Crippen LogP contribution in [0.15, 0.2) is 67.1 Å². The molecule has 0 amide bonds. The third-order valence-electron chi connectivity index (χ3n) is 3.40. The van der Waals surface area contributed by atoms with E-state index in [-0.39, 0.29) is 0 Å². The second-order valence-corrected chi connectivity index (χ2v) is 4.61. The van der Waals surface area contributed by atoms with Crippen molar-refractivity contribution < 1.29 is 0 Å². The van der Waals surface area contributed by atoms with Crippen molar-refractivity contribution in [1.29, 1.82) is 0 Å². The number of fused-ring (bicyclic) bond motifs is 3. The zero-order valence-corrected chi connectivity index (χ0v) is 10.7. The van der Waals surface area contributed by atoms with Gasteiger partial charge in [0.2, 0.25) is 0 Å². The molecule has 0 fully saturated rings. The summed E-state index contributed by atoms with van der Waals surface area (Å²) in [6.45, 7) is 0. The van der Waals surface area contributed by atoms with Gasteiger partial charge in [0.05, 0.1) is 16.7 Å². The number of hydrogen-bond donors (Lipinski definition) is 0. The molecule has 0 unspecified atom stereocenters. The minimum atomic E-state index is 0.922. The SMILES string of the molecule is c1ccc(-c2cc3cccnc3c3ncccc23)nc1. The summed E-state index contributed by atoms with van der Waals surface area (Å²) in [5.74, 6) is 0. The number of rotatable bonds is 1. The van der Waals surface area contributed by atoms with Crippen molar-refractivity contribution in [3.05, 3.63) is 67.1 Å². The summed E-state index contributed by atoms with van der Waals surface area (Å²) in [5.41, 5.74) is 3.90. The van der Waals surface area contributed by atoms with Crippen LogP contribution in [0.3, 0.4) is 0 Å². The molecule has 3 nitrogen and oxygen atoms in total. The molecule has 0 saturated heterocycles. The van der Waals surface area contributed by atoms with Crippen molar-refractivity contribution in [3.8, 4) is 11.3 Å². The molecule has 0 spiro atoms. The smallest absolute Gasteiger partial charge is 0.0971 e. The lowest BCUT2D eigenvalue weighted by Crippen LogP contribution is -1.89. The van der Waals surface area contributed by atoms with Crippen LogP contribution in [0.2, 0.25) is 0 Å². The molecule has 0 aliphatic carbocycles. The molecule has 0 aliphatic rings. The van der Waals surface area contributed by atoms with Crippen LogP contribution in [0.25, 0.3) is 33.1 Å². The Morgan fingerprint density at radius 1 is 0.650 bits per heavy atom. The fourth-order valence-corrected chi connectivity index (χ4v) is 2.51. The van der Waals surface area contributed by atoms with Gasteiger partial charge in [-0.15, -0.1) is 0 Å². The third-order valence-corrected chi connectivity index (χ3v) is 3.40. The molecule has 4 aromatic rings. The van der Waals surface area contributed by atoms with Gasteiger partial charge in [0, 0.05) is 34.9 Å². The first-order valence-electron chi connectivity index (χ1n) is 6.47. The van der Waals surface area contributed by atoms with Crippen LogP contribution in [-0.2, 0) is 0 Å². The maximum absolute atomic E-state index is 4.51. The van der Waals surface area contributed by atoms with Crippen LogP contribution in [0.1, 0.15) is 0 Å². The van der Waals surface area contributed by atoms with E-state index < -0.39 is 0 Å². The summed E-state index contributed by atoms with van der Waals surface area (Å²) < 4.78 is 0. The summed E-state index contributed by atoms with van der Waals surface area (Å²) in [4.78, 5) is 13.4. The largest absolute Gasteiger partial charge is 0.256 e. The Morgan fingerprint density at radius 3 is 2.30 bits per heavy atom. The van der Waals surface area contributed by atoms with E-state index in [0.717, 1.165) is 33.1 Å². The standard InChI is InChI=1S/C17H11N3/c1-2-8-18-15(7-1)14-11-12-5-3-9-19-16(12)17-13(14)6-4-10-20-17/h1-11H. The number of benzene rings is 1. The molecular formula is C17H11N3. The lowest BCUT2D eigenvalue weighted by molar-refractivity contribution is 1.33. The molecular weight excluding hydrogens is 246 g/mol. The van der Waals surface area contributed by atoms with Crippen molar-refractivity contribution in [1.82, 2.24) is 15.0 Å². The molecule has 3 heteroatoms. The molecule has 0 bridgehead atoms. The minimum Gasteiger partial charge on any atom is -0.256 e.